The summed E-state index contributed by atoms with van der Waals surface area (Å²) < 4.78 is 18.4. The Morgan fingerprint density at radius 2 is 2.27 bits per heavy atom. The molecule has 0 unspecified atom stereocenters. The molecule has 0 aliphatic rings. The first-order chi connectivity index (χ1) is 7.19. The van der Waals surface area contributed by atoms with Crippen molar-refractivity contribution in [1.82, 2.24) is 0 Å². The predicted octanol–water partition coefficient (Wildman–Crippen LogP) is 1.61. The highest BCUT2D eigenvalue weighted by Crippen LogP contribution is 2.23. The highest BCUT2D eigenvalue weighted by molar-refractivity contribution is 5.31. The minimum absolute atomic E-state index is 0.0687. The van der Waals surface area contributed by atoms with Gasteiger partial charge in [0.1, 0.15) is 11.6 Å². The number of ether oxygens (including phenoxy) is 1. The van der Waals surface area contributed by atoms with Gasteiger partial charge in [0.25, 0.3) is 0 Å². The van der Waals surface area contributed by atoms with Crippen LogP contribution in [0.3, 0.4) is 0 Å². The number of hydrogen-bond acceptors (Lipinski definition) is 3. The fourth-order valence-electron chi connectivity index (χ4n) is 1.40. The quantitative estimate of drug-likeness (QED) is 0.781. The second-order valence-corrected chi connectivity index (χ2v) is 3.36. The van der Waals surface area contributed by atoms with Gasteiger partial charge in [-0.2, -0.15) is 0 Å². The van der Waals surface area contributed by atoms with Gasteiger partial charge >= 0.3 is 0 Å². The third-order valence-electron chi connectivity index (χ3n) is 2.28. The van der Waals surface area contributed by atoms with E-state index in [9.17, 15) is 4.39 Å². The van der Waals surface area contributed by atoms with Crippen LogP contribution in [0.4, 0.5) is 4.39 Å². The van der Waals surface area contributed by atoms with Crippen molar-refractivity contribution in [2.45, 2.75) is 18.9 Å². The number of aliphatic hydroxyl groups is 1. The Bertz CT molecular complexity index is 317. The van der Waals surface area contributed by atoms with Crippen LogP contribution in [-0.4, -0.2) is 18.8 Å². The monoisotopic (exact) mass is 213 g/mol. The number of hydrogen-bond donors (Lipinski definition) is 2. The molecule has 0 saturated heterocycles. The van der Waals surface area contributed by atoms with Gasteiger partial charge in [-0.1, -0.05) is 0 Å². The molecule has 84 valence electrons. The molecule has 0 amide bonds. The van der Waals surface area contributed by atoms with Crippen molar-refractivity contribution >= 4 is 0 Å². The van der Waals surface area contributed by atoms with Gasteiger partial charge in [-0.25, -0.2) is 4.39 Å². The highest BCUT2D eigenvalue weighted by Gasteiger charge is 2.11. The molecular weight excluding hydrogens is 197 g/mol. The van der Waals surface area contributed by atoms with Gasteiger partial charge in [0.15, 0.2) is 0 Å². The van der Waals surface area contributed by atoms with E-state index in [0.717, 1.165) is 0 Å². The van der Waals surface area contributed by atoms with E-state index >= 15 is 0 Å². The van der Waals surface area contributed by atoms with Crippen LogP contribution in [0.15, 0.2) is 18.2 Å². The van der Waals surface area contributed by atoms with E-state index in [1.807, 2.05) is 0 Å². The van der Waals surface area contributed by atoms with E-state index in [1.54, 1.807) is 12.1 Å². The summed E-state index contributed by atoms with van der Waals surface area (Å²) in [4.78, 5) is 0. The molecule has 1 aromatic rings. The summed E-state index contributed by atoms with van der Waals surface area (Å²) in [5.74, 6) is 0.257. The maximum Gasteiger partial charge on any atom is 0.128 e. The van der Waals surface area contributed by atoms with E-state index in [-0.39, 0.29) is 12.4 Å². The molecule has 15 heavy (non-hydrogen) atoms. The van der Waals surface area contributed by atoms with Crippen molar-refractivity contribution in [3.63, 3.8) is 0 Å². The van der Waals surface area contributed by atoms with Crippen LogP contribution in [0.25, 0.3) is 0 Å². The van der Waals surface area contributed by atoms with Crippen LogP contribution in [-0.2, 0) is 0 Å². The Balaban J connectivity index is 2.81. The molecule has 0 spiro atoms. The molecule has 1 atom stereocenters. The number of aliphatic hydroxyl groups excluding tert-OH is 1. The third-order valence-corrected chi connectivity index (χ3v) is 2.28. The Morgan fingerprint density at radius 1 is 1.53 bits per heavy atom. The number of halogens is 1. The molecule has 0 saturated carbocycles. The number of nitrogens with two attached hydrogens (primary N) is 1. The van der Waals surface area contributed by atoms with E-state index in [0.29, 0.717) is 24.2 Å². The maximum atomic E-state index is 13.4. The van der Waals surface area contributed by atoms with Crippen LogP contribution in [0.2, 0.25) is 0 Å². The molecule has 3 nitrogen and oxygen atoms in total. The van der Waals surface area contributed by atoms with Crippen molar-refractivity contribution < 1.29 is 14.2 Å². The summed E-state index contributed by atoms with van der Waals surface area (Å²) in [6.45, 7) is 0.0687. The zero-order valence-corrected chi connectivity index (χ0v) is 8.74. The van der Waals surface area contributed by atoms with E-state index < -0.39 is 6.04 Å². The zero-order valence-electron chi connectivity index (χ0n) is 8.74. The molecule has 0 radical (unpaired) electrons. The van der Waals surface area contributed by atoms with Gasteiger partial charge in [0.05, 0.1) is 7.11 Å². The lowest BCUT2D eigenvalue weighted by Crippen LogP contribution is -2.12. The van der Waals surface area contributed by atoms with Gasteiger partial charge < -0.3 is 15.6 Å². The second kappa shape index (κ2) is 5.68. The Morgan fingerprint density at radius 3 is 2.87 bits per heavy atom. The maximum absolute atomic E-state index is 13.4. The normalized spacial score (nSPS) is 12.5. The van der Waals surface area contributed by atoms with Gasteiger partial charge in [-0.3, -0.25) is 0 Å². The van der Waals surface area contributed by atoms with Crippen LogP contribution in [0.1, 0.15) is 24.4 Å². The topological polar surface area (TPSA) is 55.5 Å². The molecule has 0 fully saturated rings. The van der Waals surface area contributed by atoms with Gasteiger partial charge in [0.2, 0.25) is 0 Å². The number of benzene rings is 1. The second-order valence-electron chi connectivity index (χ2n) is 3.36. The van der Waals surface area contributed by atoms with E-state index in [2.05, 4.69) is 0 Å². The van der Waals surface area contributed by atoms with Crippen LogP contribution in [0.5, 0.6) is 5.75 Å². The van der Waals surface area contributed by atoms with Crippen molar-refractivity contribution in [2.75, 3.05) is 13.7 Å². The van der Waals surface area contributed by atoms with Gasteiger partial charge in [-0.15, -0.1) is 0 Å². The third kappa shape index (κ3) is 3.18. The van der Waals surface area contributed by atoms with Crippen molar-refractivity contribution in [2.24, 2.45) is 5.73 Å². The van der Waals surface area contributed by atoms with Gasteiger partial charge in [-0.05, 0) is 31.0 Å². The molecule has 1 rings (SSSR count). The molecule has 0 aliphatic heterocycles. The first-order valence-electron chi connectivity index (χ1n) is 4.89. The first kappa shape index (κ1) is 11.9. The molecule has 0 heterocycles. The van der Waals surface area contributed by atoms with Crippen molar-refractivity contribution in [3.05, 3.63) is 29.6 Å². The lowest BCUT2D eigenvalue weighted by Gasteiger charge is -2.13. The summed E-state index contributed by atoms with van der Waals surface area (Å²) in [6, 6.07) is 4.09. The molecule has 4 heteroatoms. The number of rotatable bonds is 5. The smallest absolute Gasteiger partial charge is 0.128 e. The molecule has 0 aromatic heterocycles. The fourth-order valence-corrected chi connectivity index (χ4v) is 1.40. The first-order valence-corrected chi connectivity index (χ1v) is 4.89. The molecular formula is C11H16FNO2. The fraction of sp³-hybridized carbons (Fsp3) is 0.455. The van der Waals surface area contributed by atoms with Crippen molar-refractivity contribution in [1.29, 1.82) is 0 Å². The Kier molecular flexibility index (Phi) is 4.52. The van der Waals surface area contributed by atoms with E-state index in [1.165, 1.54) is 13.2 Å². The zero-order chi connectivity index (χ0) is 11.3. The summed E-state index contributed by atoms with van der Waals surface area (Å²) in [6.07, 6.45) is 1.12. The van der Waals surface area contributed by atoms with Gasteiger partial charge in [0, 0.05) is 18.2 Å². The average molecular weight is 213 g/mol. The SMILES string of the molecule is COc1ccc(F)c([C@@H](N)CCCO)c1. The average Bonchev–Trinajstić information content (AvgIpc) is 2.26. The standard InChI is InChI=1S/C11H16FNO2/c1-15-8-4-5-10(12)9(7-8)11(13)3-2-6-14/h4-5,7,11,14H,2-3,6,13H2,1H3/t11-/m0/s1. The number of methoxy groups -OCH3 is 1. The molecule has 0 aliphatic carbocycles. The van der Waals surface area contributed by atoms with Crippen LogP contribution in [0, 0.1) is 5.82 Å². The Hall–Kier alpha value is -1.13. The largest absolute Gasteiger partial charge is 0.497 e. The van der Waals surface area contributed by atoms with Crippen LogP contribution < -0.4 is 10.5 Å². The van der Waals surface area contributed by atoms with E-state index in [4.69, 9.17) is 15.6 Å². The molecule has 0 bridgehead atoms. The summed E-state index contributed by atoms with van der Waals surface area (Å²) in [5.41, 5.74) is 6.23. The summed E-state index contributed by atoms with van der Waals surface area (Å²) in [5, 5.41) is 8.66. The Labute approximate surface area is 88.7 Å². The molecule has 3 N–H and O–H groups in total. The predicted molar refractivity (Wildman–Crippen MR) is 56.2 cm³/mol. The highest BCUT2D eigenvalue weighted by atomic mass is 19.1. The lowest BCUT2D eigenvalue weighted by molar-refractivity contribution is 0.279. The lowest BCUT2D eigenvalue weighted by atomic mass is 10.0. The molecule has 1 aromatic carbocycles. The minimum Gasteiger partial charge on any atom is -0.497 e. The summed E-state index contributed by atoms with van der Waals surface area (Å²) >= 11 is 0. The minimum atomic E-state index is -0.396. The van der Waals surface area contributed by atoms with Crippen molar-refractivity contribution in [3.8, 4) is 5.75 Å². The summed E-state index contributed by atoms with van der Waals surface area (Å²) in [7, 11) is 1.52. The van der Waals surface area contributed by atoms with Crippen LogP contribution >= 0.6 is 0 Å².